The summed E-state index contributed by atoms with van der Waals surface area (Å²) in [5.74, 6) is 0.241. The highest BCUT2D eigenvalue weighted by Crippen LogP contribution is 2.42. The number of rotatable bonds is 8. The summed E-state index contributed by atoms with van der Waals surface area (Å²) in [6.07, 6.45) is 3.59. The summed E-state index contributed by atoms with van der Waals surface area (Å²) in [6, 6.07) is 16.3. The number of carbonyl (C=O) groups is 1. The number of aromatic nitrogens is 2. The minimum Gasteiger partial charge on any atom is -0.494 e. The van der Waals surface area contributed by atoms with Crippen LogP contribution in [0.25, 0.3) is 22.6 Å². The topological polar surface area (TPSA) is 126 Å². The largest absolute Gasteiger partial charge is 0.524 e. The molecule has 0 spiro atoms. The zero-order chi connectivity index (χ0) is 29.5. The van der Waals surface area contributed by atoms with Crippen LogP contribution < -0.4 is 4.52 Å². The third-order valence-electron chi connectivity index (χ3n) is 6.84. The Labute approximate surface area is 237 Å². The quantitative estimate of drug-likeness (QED) is 0.208. The number of phosphoric ester groups is 1. The van der Waals surface area contributed by atoms with Gasteiger partial charge in [-0.3, -0.25) is 19.1 Å². The first-order chi connectivity index (χ1) is 19.4. The van der Waals surface area contributed by atoms with Gasteiger partial charge in [-0.15, -0.1) is 0 Å². The normalized spacial score (nSPS) is 14.3. The van der Waals surface area contributed by atoms with Crippen molar-refractivity contribution in [3.05, 3.63) is 112 Å². The fourth-order valence-electron chi connectivity index (χ4n) is 5.11. The number of allylic oxidation sites excluding steroid dienone is 2. The van der Waals surface area contributed by atoms with Crippen LogP contribution in [0.5, 0.6) is 5.75 Å². The van der Waals surface area contributed by atoms with Gasteiger partial charge in [0.2, 0.25) is 5.91 Å². The Kier molecular flexibility index (Phi) is 7.44. The molecule has 0 aliphatic carbocycles. The third kappa shape index (κ3) is 5.74. The average Bonchev–Trinajstić information content (AvgIpc) is 3.57. The summed E-state index contributed by atoms with van der Waals surface area (Å²) in [5, 5.41) is 0.853. The number of hydrogen-bond acceptors (Lipinski definition) is 5. The van der Waals surface area contributed by atoms with E-state index in [2.05, 4.69) is 17.6 Å². The van der Waals surface area contributed by atoms with Crippen molar-refractivity contribution in [3.8, 4) is 5.75 Å². The maximum atomic E-state index is 13.9. The fourth-order valence-corrected chi connectivity index (χ4v) is 5.52. The highest BCUT2D eigenvalue weighted by Gasteiger charge is 2.26. The van der Waals surface area contributed by atoms with Crippen molar-refractivity contribution in [1.29, 1.82) is 0 Å². The number of aromatic amines is 1. The molecular weight excluding hydrogens is 541 g/mol. The van der Waals surface area contributed by atoms with Crippen molar-refractivity contribution in [2.24, 2.45) is 4.99 Å². The van der Waals surface area contributed by atoms with Crippen molar-refractivity contribution in [1.82, 2.24) is 9.55 Å². The van der Waals surface area contributed by atoms with Gasteiger partial charge in [-0.2, -0.15) is 0 Å². The molecule has 3 N–H and O–H groups in total. The number of nitrogens with one attached hydrogen (secondary N) is 1. The molecule has 3 heterocycles. The van der Waals surface area contributed by atoms with Gasteiger partial charge in [-0.25, -0.2) is 9.56 Å². The van der Waals surface area contributed by atoms with Gasteiger partial charge in [0.1, 0.15) is 17.2 Å². The van der Waals surface area contributed by atoms with E-state index in [-0.39, 0.29) is 18.1 Å². The van der Waals surface area contributed by atoms with Gasteiger partial charge < -0.3 is 14.2 Å². The zero-order valence-corrected chi connectivity index (χ0v) is 24.0. The van der Waals surface area contributed by atoms with Crippen molar-refractivity contribution >= 4 is 42.0 Å². The van der Waals surface area contributed by atoms with Crippen molar-refractivity contribution < 1.29 is 28.4 Å². The maximum Gasteiger partial charge on any atom is 0.524 e. The van der Waals surface area contributed by atoms with Crippen LogP contribution in [-0.4, -0.2) is 38.1 Å². The standard InChI is InChI=1S/C31H30N3O6P/c1-18-9-8-12-28(40-41(36,37)38)31(18)20(3)14-30(35)34-26-11-7-6-10-22(26)15-27(34)24-17-29(39-5)25(33-24)16-23-19(2)13-21(4)32-23/h6-13,15-17,32H,3,14H2,1-2,4-5H3,(H2,36,37,38)/b25-16+. The molecule has 0 atom stereocenters. The van der Waals surface area contributed by atoms with Crippen LogP contribution in [-0.2, 0) is 9.30 Å². The van der Waals surface area contributed by atoms with E-state index in [1.54, 1.807) is 36.8 Å². The lowest BCUT2D eigenvalue weighted by molar-refractivity contribution is 0.0925. The first kappa shape index (κ1) is 28.1. The highest BCUT2D eigenvalue weighted by molar-refractivity contribution is 7.46. The molecule has 41 heavy (non-hydrogen) atoms. The maximum absolute atomic E-state index is 13.9. The molecule has 5 rings (SSSR count). The van der Waals surface area contributed by atoms with E-state index in [1.807, 2.05) is 50.3 Å². The van der Waals surface area contributed by atoms with Crippen LogP contribution in [0.2, 0.25) is 0 Å². The molecule has 2 aromatic heterocycles. The second-order valence-corrected chi connectivity index (χ2v) is 11.1. The Bertz CT molecular complexity index is 1850. The Balaban J connectivity index is 1.56. The van der Waals surface area contributed by atoms with Crippen LogP contribution in [0.15, 0.2) is 83.7 Å². The molecule has 4 aromatic rings. The average molecular weight is 572 g/mol. The molecule has 0 unspecified atom stereocenters. The monoisotopic (exact) mass is 571 g/mol. The minimum absolute atomic E-state index is 0.0359. The molecular formula is C31H30N3O6P. The molecule has 2 aromatic carbocycles. The van der Waals surface area contributed by atoms with E-state index in [1.165, 1.54) is 6.07 Å². The number of hydrogen-bond donors (Lipinski definition) is 3. The molecule has 0 fully saturated rings. The molecule has 1 aliphatic rings. The first-order valence-electron chi connectivity index (χ1n) is 12.8. The minimum atomic E-state index is -4.83. The molecule has 9 nitrogen and oxygen atoms in total. The third-order valence-corrected chi connectivity index (χ3v) is 7.28. The smallest absolute Gasteiger partial charge is 0.494 e. The van der Waals surface area contributed by atoms with E-state index in [4.69, 9.17) is 14.3 Å². The van der Waals surface area contributed by atoms with E-state index in [0.717, 1.165) is 22.3 Å². The van der Waals surface area contributed by atoms with Crippen molar-refractivity contribution in [2.75, 3.05) is 7.11 Å². The number of benzene rings is 2. The highest BCUT2D eigenvalue weighted by atomic mass is 31.2. The van der Waals surface area contributed by atoms with Crippen molar-refractivity contribution in [3.63, 3.8) is 0 Å². The molecule has 0 radical (unpaired) electrons. The van der Waals surface area contributed by atoms with Crippen LogP contribution in [0, 0.1) is 20.8 Å². The van der Waals surface area contributed by atoms with Gasteiger partial charge >= 0.3 is 7.82 Å². The Morgan fingerprint density at radius 1 is 1.10 bits per heavy atom. The second kappa shape index (κ2) is 10.9. The van der Waals surface area contributed by atoms with Gasteiger partial charge in [0.25, 0.3) is 0 Å². The van der Waals surface area contributed by atoms with Crippen LogP contribution in [0.3, 0.4) is 0 Å². The number of ether oxygens (including phenoxy) is 1. The molecule has 0 bridgehead atoms. The molecule has 0 saturated heterocycles. The SMILES string of the molecule is C=C(CC(=O)n1c(C2=N/C(=C/c3[nH]c(C)cc3C)C(OC)=C2)cc2ccccc21)c1c(C)cccc1OP(=O)(O)O. The molecule has 10 heteroatoms. The zero-order valence-electron chi connectivity index (χ0n) is 23.1. The summed E-state index contributed by atoms with van der Waals surface area (Å²) in [4.78, 5) is 40.9. The van der Waals surface area contributed by atoms with E-state index >= 15 is 0 Å². The summed E-state index contributed by atoms with van der Waals surface area (Å²) >= 11 is 0. The first-order valence-corrected chi connectivity index (χ1v) is 14.4. The van der Waals surface area contributed by atoms with Crippen LogP contribution in [0.4, 0.5) is 0 Å². The summed E-state index contributed by atoms with van der Waals surface area (Å²) in [6.45, 7) is 9.85. The van der Waals surface area contributed by atoms with Crippen LogP contribution >= 0.6 is 7.82 Å². The number of H-pyrrole nitrogens is 1. The molecule has 1 aliphatic heterocycles. The van der Waals surface area contributed by atoms with Gasteiger partial charge in [0, 0.05) is 28.4 Å². The van der Waals surface area contributed by atoms with Gasteiger partial charge in [0.05, 0.1) is 30.5 Å². The fraction of sp³-hybridized carbons (Fsp3) is 0.161. The summed E-state index contributed by atoms with van der Waals surface area (Å²) < 4.78 is 23.7. The van der Waals surface area contributed by atoms with E-state index in [0.29, 0.717) is 45.1 Å². The molecule has 0 saturated carbocycles. The van der Waals surface area contributed by atoms with Crippen LogP contribution in [0.1, 0.15) is 45.0 Å². The molecule has 210 valence electrons. The van der Waals surface area contributed by atoms with E-state index in [9.17, 15) is 19.1 Å². The van der Waals surface area contributed by atoms with Gasteiger partial charge in [-0.1, -0.05) is 36.9 Å². The lowest BCUT2D eigenvalue weighted by atomic mass is 9.98. The Morgan fingerprint density at radius 2 is 1.85 bits per heavy atom. The lowest BCUT2D eigenvalue weighted by Gasteiger charge is -2.16. The molecule has 0 amide bonds. The second-order valence-electron chi connectivity index (χ2n) is 9.92. The number of aryl methyl sites for hydroxylation is 3. The number of aliphatic imine (C=N–C) groups is 1. The predicted molar refractivity (Wildman–Crippen MR) is 160 cm³/mol. The number of phosphoric acid groups is 1. The summed E-state index contributed by atoms with van der Waals surface area (Å²) in [5.41, 5.74) is 6.91. The number of para-hydroxylation sites is 1. The Hall–Kier alpha value is -4.43. The lowest BCUT2D eigenvalue weighted by Crippen LogP contribution is -2.16. The summed E-state index contributed by atoms with van der Waals surface area (Å²) in [7, 11) is -3.25. The van der Waals surface area contributed by atoms with Gasteiger partial charge in [-0.05, 0) is 67.8 Å². The number of fused-ring (bicyclic) bond motifs is 1. The number of carbonyl (C=O) groups excluding carboxylic acids is 1. The predicted octanol–water partition coefficient (Wildman–Crippen LogP) is 6.48. The Morgan fingerprint density at radius 3 is 2.54 bits per heavy atom. The number of methoxy groups -OCH3 is 1. The number of nitrogens with zero attached hydrogens (tertiary/aromatic N) is 2. The van der Waals surface area contributed by atoms with E-state index < -0.39 is 7.82 Å². The van der Waals surface area contributed by atoms with Gasteiger partial charge in [0.15, 0.2) is 0 Å². The van der Waals surface area contributed by atoms with Crippen molar-refractivity contribution in [2.45, 2.75) is 27.2 Å².